The smallest absolute Gasteiger partial charge is 0.339 e. The molecule has 1 heterocycles. The van der Waals surface area contributed by atoms with Crippen LogP contribution in [0.4, 0.5) is 0 Å². The Morgan fingerprint density at radius 3 is 2.20 bits per heavy atom. The van der Waals surface area contributed by atoms with E-state index in [0.29, 0.717) is 23.1 Å². The monoisotopic (exact) mass is 270 g/mol. The maximum atomic E-state index is 11.4. The summed E-state index contributed by atoms with van der Waals surface area (Å²) in [7, 11) is 0. The molecule has 0 bridgehead atoms. The third kappa shape index (κ3) is 2.69. The van der Waals surface area contributed by atoms with Crippen LogP contribution in [-0.4, -0.2) is 21.0 Å². The molecule has 0 saturated heterocycles. The van der Waals surface area contributed by atoms with Crippen LogP contribution < -0.4 is 0 Å². The van der Waals surface area contributed by atoms with Crippen molar-refractivity contribution in [1.29, 1.82) is 0 Å². The van der Waals surface area contributed by atoms with Crippen molar-refractivity contribution in [3.63, 3.8) is 0 Å². The molecular formula is C16H18N2O2. The quantitative estimate of drug-likeness (QED) is 0.925. The summed E-state index contributed by atoms with van der Waals surface area (Å²) in [6.07, 6.45) is 0. The highest BCUT2D eigenvalue weighted by Crippen LogP contribution is 2.25. The number of aromatic carboxylic acids is 1. The summed E-state index contributed by atoms with van der Waals surface area (Å²) in [5.74, 6) is 0.0257. The standard InChI is InChI=1S/C16H18N2O2/c1-9(2)12-5-7-13(8-6-12)15-14(16(19)20)10(3)17-11(4)18-15/h5-9H,1-4H3,(H,19,20). The molecule has 2 aromatic rings. The molecular weight excluding hydrogens is 252 g/mol. The number of carboxylic acids is 1. The van der Waals surface area contributed by atoms with Crippen LogP contribution in [-0.2, 0) is 0 Å². The Bertz CT molecular complexity index is 646. The molecule has 2 rings (SSSR count). The molecule has 1 N–H and O–H groups in total. The maximum absolute atomic E-state index is 11.4. The van der Waals surface area contributed by atoms with E-state index in [-0.39, 0.29) is 5.56 Å². The number of aryl methyl sites for hydroxylation is 2. The second-order valence-corrected chi connectivity index (χ2v) is 5.16. The van der Waals surface area contributed by atoms with Crippen LogP contribution in [0.5, 0.6) is 0 Å². The maximum Gasteiger partial charge on any atom is 0.339 e. The average Bonchev–Trinajstić information content (AvgIpc) is 2.37. The lowest BCUT2D eigenvalue weighted by atomic mass is 9.99. The highest BCUT2D eigenvalue weighted by molar-refractivity contribution is 5.95. The summed E-state index contributed by atoms with van der Waals surface area (Å²) in [6.45, 7) is 7.71. The van der Waals surface area contributed by atoms with Crippen molar-refractivity contribution in [2.24, 2.45) is 0 Å². The topological polar surface area (TPSA) is 63.1 Å². The Labute approximate surface area is 118 Å². The summed E-state index contributed by atoms with van der Waals surface area (Å²) >= 11 is 0. The molecule has 0 spiro atoms. The van der Waals surface area contributed by atoms with Gasteiger partial charge in [0.1, 0.15) is 11.4 Å². The van der Waals surface area contributed by atoms with Crippen molar-refractivity contribution in [2.45, 2.75) is 33.6 Å². The van der Waals surface area contributed by atoms with E-state index in [4.69, 9.17) is 0 Å². The zero-order valence-corrected chi connectivity index (χ0v) is 12.1. The van der Waals surface area contributed by atoms with Crippen molar-refractivity contribution in [1.82, 2.24) is 9.97 Å². The Kier molecular flexibility index (Phi) is 3.84. The van der Waals surface area contributed by atoms with Crippen molar-refractivity contribution in [3.05, 3.63) is 46.9 Å². The van der Waals surface area contributed by atoms with Gasteiger partial charge in [-0.05, 0) is 25.3 Å². The van der Waals surface area contributed by atoms with Gasteiger partial charge in [-0.25, -0.2) is 14.8 Å². The van der Waals surface area contributed by atoms with Crippen molar-refractivity contribution in [3.8, 4) is 11.3 Å². The minimum Gasteiger partial charge on any atom is -0.478 e. The molecule has 0 aliphatic rings. The van der Waals surface area contributed by atoms with Gasteiger partial charge in [0, 0.05) is 5.56 Å². The minimum atomic E-state index is -0.995. The van der Waals surface area contributed by atoms with Gasteiger partial charge in [-0.15, -0.1) is 0 Å². The van der Waals surface area contributed by atoms with Crippen LogP contribution >= 0.6 is 0 Å². The summed E-state index contributed by atoms with van der Waals surface area (Å²) in [5, 5.41) is 9.36. The molecule has 4 nitrogen and oxygen atoms in total. The average molecular weight is 270 g/mol. The van der Waals surface area contributed by atoms with Crippen LogP contribution in [0.15, 0.2) is 24.3 Å². The van der Waals surface area contributed by atoms with E-state index in [1.54, 1.807) is 13.8 Å². The number of hydrogen-bond donors (Lipinski definition) is 1. The first-order chi connectivity index (χ1) is 9.40. The SMILES string of the molecule is Cc1nc(C)c(C(=O)O)c(-c2ccc(C(C)C)cc2)n1. The summed E-state index contributed by atoms with van der Waals surface area (Å²) in [5.41, 5.74) is 3.17. The molecule has 20 heavy (non-hydrogen) atoms. The van der Waals surface area contributed by atoms with E-state index in [9.17, 15) is 9.90 Å². The molecule has 104 valence electrons. The van der Waals surface area contributed by atoms with E-state index < -0.39 is 5.97 Å². The summed E-state index contributed by atoms with van der Waals surface area (Å²) in [6, 6.07) is 7.86. The molecule has 0 atom stereocenters. The molecule has 0 aliphatic carbocycles. The number of hydrogen-bond acceptors (Lipinski definition) is 3. The van der Waals surface area contributed by atoms with Crippen LogP contribution in [0.2, 0.25) is 0 Å². The van der Waals surface area contributed by atoms with Crippen molar-refractivity contribution < 1.29 is 9.90 Å². The van der Waals surface area contributed by atoms with Crippen LogP contribution in [0.25, 0.3) is 11.3 Å². The zero-order valence-electron chi connectivity index (χ0n) is 12.1. The first-order valence-corrected chi connectivity index (χ1v) is 6.59. The normalized spacial score (nSPS) is 10.8. The van der Waals surface area contributed by atoms with Crippen molar-refractivity contribution >= 4 is 5.97 Å². The van der Waals surface area contributed by atoms with Gasteiger partial charge < -0.3 is 5.11 Å². The molecule has 1 aromatic heterocycles. The van der Waals surface area contributed by atoms with Crippen molar-refractivity contribution in [2.75, 3.05) is 0 Å². The molecule has 1 aromatic carbocycles. The van der Waals surface area contributed by atoms with Crippen LogP contribution in [0.3, 0.4) is 0 Å². The Hall–Kier alpha value is -2.23. The third-order valence-electron chi connectivity index (χ3n) is 3.27. The second-order valence-electron chi connectivity index (χ2n) is 5.16. The van der Waals surface area contributed by atoms with Gasteiger partial charge in [0.2, 0.25) is 0 Å². The largest absolute Gasteiger partial charge is 0.478 e. The molecule has 0 fully saturated rings. The highest BCUT2D eigenvalue weighted by atomic mass is 16.4. The van der Waals surface area contributed by atoms with Gasteiger partial charge in [-0.3, -0.25) is 0 Å². The highest BCUT2D eigenvalue weighted by Gasteiger charge is 2.18. The first kappa shape index (κ1) is 14.2. The fourth-order valence-corrected chi connectivity index (χ4v) is 2.20. The Balaban J connectivity index is 2.59. The fraction of sp³-hybridized carbons (Fsp3) is 0.312. The fourth-order valence-electron chi connectivity index (χ4n) is 2.20. The lowest BCUT2D eigenvalue weighted by Crippen LogP contribution is -2.08. The predicted octanol–water partition coefficient (Wildman–Crippen LogP) is 3.58. The zero-order chi connectivity index (χ0) is 14.9. The minimum absolute atomic E-state index is 0.174. The number of benzene rings is 1. The molecule has 0 aliphatic heterocycles. The lowest BCUT2D eigenvalue weighted by molar-refractivity contribution is 0.0696. The molecule has 4 heteroatoms. The second kappa shape index (κ2) is 5.41. The van der Waals surface area contributed by atoms with Crippen LogP contribution in [0, 0.1) is 13.8 Å². The van der Waals surface area contributed by atoms with Gasteiger partial charge >= 0.3 is 5.97 Å². The summed E-state index contributed by atoms with van der Waals surface area (Å²) in [4.78, 5) is 19.9. The van der Waals surface area contributed by atoms with Gasteiger partial charge in [0.25, 0.3) is 0 Å². The molecule has 0 unspecified atom stereocenters. The number of nitrogens with zero attached hydrogens (tertiary/aromatic N) is 2. The first-order valence-electron chi connectivity index (χ1n) is 6.59. The lowest BCUT2D eigenvalue weighted by Gasteiger charge is -2.11. The molecule has 0 saturated carbocycles. The van der Waals surface area contributed by atoms with E-state index >= 15 is 0 Å². The van der Waals surface area contributed by atoms with E-state index in [2.05, 4.69) is 23.8 Å². The van der Waals surface area contributed by atoms with E-state index in [0.717, 1.165) is 5.56 Å². The number of carbonyl (C=O) groups is 1. The van der Waals surface area contributed by atoms with E-state index in [1.807, 2.05) is 24.3 Å². The molecule has 0 amide bonds. The predicted molar refractivity (Wildman–Crippen MR) is 78.0 cm³/mol. The summed E-state index contributed by atoms with van der Waals surface area (Å²) < 4.78 is 0. The van der Waals surface area contributed by atoms with Gasteiger partial charge in [0.15, 0.2) is 0 Å². The number of aromatic nitrogens is 2. The van der Waals surface area contributed by atoms with Gasteiger partial charge in [0.05, 0.1) is 11.4 Å². The Morgan fingerprint density at radius 1 is 1.10 bits per heavy atom. The Morgan fingerprint density at radius 2 is 1.70 bits per heavy atom. The third-order valence-corrected chi connectivity index (χ3v) is 3.27. The van der Waals surface area contributed by atoms with Crippen LogP contribution in [0.1, 0.15) is 47.2 Å². The number of carboxylic acid groups (broad SMARTS) is 1. The van der Waals surface area contributed by atoms with Gasteiger partial charge in [-0.2, -0.15) is 0 Å². The van der Waals surface area contributed by atoms with E-state index in [1.165, 1.54) is 5.56 Å². The molecule has 0 radical (unpaired) electrons. The van der Waals surface area contributed by atoms with Gasteiger partial charge in [-0.1, -0.05) is 38.1 Å². The number of rotatable bonds is 3.